The van der Waals surface area contributed by atoms with E-state index in [1.807, 2.05) is 12.1 Å². The largest absolute Gasteiger partial charge is 0.384 e. The molecule has 1 aliphatic rings. The summed E-state index contributed by atoms with van der Waals surface area (Å²) in [6, 6.07) is 8.34. The van der Waals surface area contributed by atoms with Gasteiger partial charge in [0.2, 0.25) is 0 Å². The summed E-state index contributed by atoms with van der Waals surface area (Å²) in [6.45, 7) is 10.3. The predicted octanol–water partition coefficient (Wildman–Crippen LogP) is 2.90. The molecule has 1 fully saturated rings. The normalized spacial score (nSPS) is 19.7. The zero-order valence-electron chi connectivity index (χ0n) is 12.8. The Bertz CT molecular complexity index is 504. The number of rotatable bonds is 2. The van der Waals surface area contributed by atoms with Gasteiger partial charge in [-0.25, -0.2) is 0 Å². The third kappa shape index (κ3) is 4.10. The number of likely N-dealkylation sites (tertiary alicyclic amines) is 1. The van der Waals surface area contributed by atoms with Crippen LogP contribution in [0.1, 0.15) is 38.3 Å². The minimum Gasteiger partial charge on any atom is -0.384 e. The summed E-state index contributed by atoms with van der Waals surface area (Å²) in [7, 11) is 0. The first kappa shape index (κ1) is 15.1. The number of hydrogen-bond donors (Lipinski definition) is 1. The molecule has 1 atom stereocenters. The van der Waals surface area contributed by atoms with Crippen LogP contribution in [0.25, 0.3) is 0 Å². The molecule has 0 bridgehead atoms. The maximum Gasteiger partial charge on any atom is 0.104 e. The first-order chi connectivity index (χ1) is 9.49. The molecule has 1 aliphatic heterocycles. The van der Waals surface area contributed by atoms with Crippen molar-refractivity contribution in [1.82, 2.24) is 4.90 Å². The summed E-state index contributed by atoms with van der Waals surface area (Å²) < 4.78 is 0. The van der Waals surface area contributed by atoms with Crippen LogP contribution in [0.3, 0.4) is 0 Å². The molecule has 2 heteroatoms. The van der Waals surface area contributed by atoms with Crippen LogP contribution in [-0.2, 0) is 6.54 Å². The molecule has 108 valence electrons. The Morgan fingerprint density at radius 3 is 2.80 bits per heavy atom. The van der Waals surface area contributed by atoms with E-state index in [1.54, 1.807) is 0 Å². The summed E-state index contributed by atoms with van der Waals surface area (Å²) in [5.74, 6) is 6.47. The van der Waals surface area contributed by atoms with Crippen molar-refractivity contribution in [2.45, 2.75) is 33.7 Å². The Hall–Kier alpha value is -1.30. The fourth-order valence-electron chi connectivity index (χ4n) is 2.83. The van der Waals surface area contributed by atoms with Gasteiger partial charge in [-0.05, 0) is 42.0 Å². The second-order valence-corrected chi connectivity index (χ2v) is 6.75. The number of aliphatic hydroxyl groups excluding tert-OH is 1. The number of hydrogen-bond acceptors (Lipinski definition) is 2. The standard InChI is InChI=1S/C18H25NO/c1-18(2,3)17-9-10-19(14-17)13-16-7-4-6-15(12-16)8-5-11-20/h4,6-7,12,17,20H,9-11,13-14H2,1-3H3. The molecule has 1 unspecified atom stereocenters. The Kier molecular flexibility index (Phi) is 4.86. The summed E-state index contributed by atoms with van der Waals surface area (Å²) in [6.07, 6.45) is 1.30. The van der Waals surface area contributed by atoms with Crippen molar-refractivity contribution in [2.75, 3.05) is 19.7 Å². The second-order valence-electron chi connectivity index (χ2n) is 6.75. The van der Waals surface area contributed by atoms with Gasteiger partial charge in [0.25, 0.3) is 0 Å². The zero-order valence-corrected chi connectivity index (χ0v) is 12.8. The Morgan fingerprint density at radius 1 is 1.35 bits per heavy atom. The SMILES string of the molecule is CC(C)(C)C1CCN(Cc2cccc(C#CCO)c2)C1. The average molecular weight is 271 g/mol. The van der Waals surface area contributed by atoms with E-state index in [-0.39, 0.29) is 6.61 Å². The third-order valence-corrected chi connectivity index (χ3v) is 4.14. The molecular formula is C18H25NO. The van der Waals surface area contributed by atoms with Crippen LogP contribution in [0.4, 0.5) is 0 Å². The van der Waals surface area contributed by atoms with Gasteiger partial charge in [0, 0.05) is 18.7 Å². The van der Waals surface area contributed by atoms with Crippen molar-refractivity contribution in [2.24, 2.45) is 11.3 Å². The van der Waals surface area contributed by atoms with Crippen LogP contribution in [0.5, 0.6) is 0 Å². The first-order valence-electron chi connectivity index (χ1n) is 7.40. The van der Waals surface area contributed by atoms with Crippen LogP contribution in [-0.4, -0.2) is 29.7 Å². The molecule has 1 N–H and O–H groups in total. The van der Waals surface area contributed by atoms with Crippen molar-refractivity contribution < 1.29 is 5.11 Å². The van der Waals surface area contributed by atoms with Gasteiger partial charge in [-0.3, -0.25) is 4.90 Å². The quantitative estimate of drug-likeness (QED) is 0.836. The zero-order chi connectivity index (χ0) is 14.6. The number of nitrogens with zero attached hydrogens (tertiary/aromatic N) is 1. The van der Waals surface area contributed by atoms with E-state index in [0.717, 1.165) is 18.0 Å². The Morgan fingerprint density at radius 2 is 2.15 bits per heavy atom. The van der Waals surface area contributed by atoms with Crippen molar-refractivity contribution >= 4 is 0 Å². The third-order valence-electron chi connectivity index (χ3n) is 4.14. The summed E-state index contributed by atoms with van der Waals surface area (Å²) in [4.78, 5) is 2.54. The van der Waals surface area contributed by atoms with Gasteiger partial charge < -0.3 is 5.11 Å². The maximum atomic E-state index is 8.75. The van der Waals surface area contributed by atoms with Crippen molar-refractivity contribution in [1.29, 1.82) is 0 Å². The van der Waals surface area contributed by atoms with Crippen molar-refractivity contribution in [3.8, 4) is 11.8 Å². The second kappa shape index (κ2) is 6.43. The Labute approximate surface area is 122 Å². The predicted molar refractivity (Wildman–Crippen MR) is 83.2 cm³/mol. The fraction of sp³-hybridized carbons (Fsp3) is 0.556. The molecule has 2 nitrogen and oxygen atoms in total. The van der Waals surface area contributed by atoms with Crippen LogP contribution in [0.2, 0.25) is 0 Å². The maximum absolute atomic E-state index is 8.75. The van der Waals surface area contributed by atoms with Crippen LogP contribution < -0.4 is 0 Å². The lowest BCUT2D eigenvalue weighted by atomic mass is 9.80. The highest BCUT2D eigenvalue weighted by Crippen LogP contribution is 2.34. The monoisotopic (exact) mass is 271 g/mol. The van der Waals surface area contributed by atoms with Gasteiger partial charge in [-0.2, -0.15) is 0 Å². The summed E-state index contributed by atoms with van der Waals surface area (Å²) >= 11 is 0. The highest BCUT2D eigenvalue weighted by atomic mass is 16.2. The first-order valence-corrected chi connectivity index (χ1v) is 7.40. The minimum atomic E-state index is -0.0797. The molecule has 0 aliphatic carbocycles. The van der Waals surface area contributed by atoms with Gasteiger partial charge in [0.05, 0.1) is 0 Å². The Balaban J connectivity index is 1.98. The van der Waals surface area contributed by atoms with E-state index in [2.05, 4.69) is 49.6 Å². The molecule has 1 heterocycles. The van der Waals surface area contributed by atoms with E-state index in [0.29, 0.717) is 5.41 Å². The van der Waals surface area contributed by atoms with Crippen LogP contribution in [0.15, 0.2) is 24.3 Å². The molecule has 0 radical (unpaired) electrons. The molecule has 1 saturated heterocycles. The minimum absolute atomic E-state index is 0.0797. The summed E-state index contributed by atoms with van der Waals surface area (Å²) in [5, 5.41) is 8.75. The van der Waals surface area contributed by atoms with Crippen molar-refractivity contribution in [3.05, 3.63) is 35.4 Å². The van der Waals surface area contributed by atoms with Gasteiger partial charge in [0.1, 0.15) is 6.61 Å². The van der Waals surface area contributed by atoms with E-state index >= 15 is 0 Å². The highest BCUT2D eigenvalue weighted by Gasteiger charge is 2.31. The molecule has 0 aromatic heterocycles. The lowest BCUT2D eigenvalue weighted by molar-refractivity contribution is 0.226. The van der Waals surface area contributed by atoms with E-state index in [1.165, 1.54) is 25.1 Å². The van der Waals surface area contributed by atoms with Crippen LogP contribution in [0, 0.1) is 23.2 Å². The van der Waals surface area contributed by atoms with E-state index in [9.17, 15) is 0 Å². The highest BCUT2D eigenvalue weighted by molar-refractivity contribution is 5.37. The smallest absolute Gasteiger partial charge is 0.104 e. The molecule has 1 aromatic carbocycles. The van der Waals surface area contributed by atoms with Gasteiger partial charge in [-0.1, -0.05) is 44.7 Å². The number of aliphatic hydroxyl groups is 1. The lowest BCUT2D eigenvalue weighted by Gasteiger charge is -2.27. The molecule has 0 spiro atoms. The van der Waals surface area contributed by atoms with Gasteiger partial charge in [0.15, 0.2) is 0 Å². The molecule has 20 heavy (non-hydrogen) atoms. The molecule has 2 rings (SSSR count). The molecule has 1 aromatic rings. The van der Waals surface area contributed by atoms with Gasteiger partial charge >= 0.3 is 0 Å². The van der Waals surface area contributed by atoms with Crippen LogP contribution >= 0.6 is 0 Å². The average Bonchev–Trinajstić information content (AvgIpc) is 2.85. The van der Waals surface area contributed by atoms with Gasteiger partial charge in [-0.15, -0.1) is 0 Å². The fourth-order valence-corrected chi connectivity index (χ4v) is 2.83. The topological polar surface area (TPSA) is 23.5 Å². The lowest BCUT2D eigenvalue weighted by Crippen LogP contribution is -2.25. The summed E-state index contributed by atoms with van der Waals surface area (Å²) in [5.41, 5.74) is 2.70. The number of benzene rings is 1. The van der Waals surface area contributed by atoms with E-state index in [4.69, 9.17) is 5.11 Å². The molecule has 0 saturated carbocycles. The molecule has 0 amide bonds. The van der Waals surface area contributed by atoms with Crippen molar-refractivity contribution in [3.63, 3.8) is 0 Å². The van der Waals surface area contributed by atoms with E-state index < -0.39 is 0 Å². The molecular weight excluding hydrogens is 246 g/mol.